The largest absolute Gasteiger partial charge is 0.327 e. The summed E-state index contributed by atoms with van der Waals surface area (Å²) in [6.45, 7) is 9.37. The first-order valence-corrected chi connectivity index (χ1v) is 7.03. The van der Waals surface area contributed by atoms with Crippen molar-refractivity contribution in [2.75, 3.05) is 10.6 Å². The molecule has 0 radical (unpaired) electrons. The van der Waals surface area contributed by atoms with E-state index >= 15 is 0 Å². The van der Waals surface area contributed by atoms with E-state index in [1.807, 2.05) is 33.8 Å². The van der Waals surface area contributed by atoms with Gasteiger partial charge >= 0.3 is 0 Å². The maximum atomic E-state index is 12.1. The molecule has 1 atom stereocenters. The minimum atomic E-state index is -0.212. The van der Waals surface area contributed by atoms with Crippen LogP contribution >= 0.6 is 0 Å². The summed E-state index contributed by atoms with van der Waals surface area (Å²) in [7, 11) is 0. The lowest BCUT2D eigenvalue weighted by Crippen LogP contribution is -2.38. The SMILES string of the molecule is CC(=O)Nc1ccc(C)c(NC(=O)CC(N)C(C)(C)C)c1. The summed E-state index contributed by atoms with van der Waals surface area (Å²) in [5, 5.41) is 5.55. The second-order valence-corrected chi connectivity index (χ2v) is 6.44. The first kappa shape index (κ1) is 17.2. The standard InChI is InChI=1S/C16H25N3O2/c1-10-6-7-12(18-11(2)20)8-13(10)19-15(21)9-14(17)16(3,4)5/h6-8,14H,9,17H2,1-5H3,(H,18,20)(H,19,21). The highest BCUT2D eigenvalue weighted by Crippen LogP contribution is 2.23. The fraction of sp³-hybridized carbons (Fsp3) is 0.500. The number of nitrogens with one attached hydrogen (secondary N) is 2. The van der Waals surface area contributed by atoms with Crippen molar-refractivity contribution in [3.63, 3.8) is 0 Å². The van der Waals surface area contributed by atoms with Gasteiger partial charge in [-0.15, -0.1) is 0 Å². The molecule has 0 heterocycles. The van der Waals surface area contributed by atoms with Gasteiger partial charge in [0.25, 0.3) is 0 Å². The molecule has 0 saturated heterocycles. The molecule has 2 amide bonds. The van der Waals surface area contributed by atoms with E-state index in [0.29, 0.717) is 11.4 Å². The van der Waals surface area contributed by atoms with Gasteiger partial charge in [0.05, 0.1) is 0 Å². The average molecular weight is 291 g/mol. The van der Waals surface area contributed by atoms with E-state index in [2.05, 4.69) is 10.6 Å². The molecule has 0 aliphatic heterocycles. The second kappa shape index (κ2) is 6.72. The smallest absolute Gasteiger partial charge is 0.225 e. The molecular weight excluding hydrogens is 266 g/mol. The number of anilines is 2. The molecule has 0 aromatic heterocycles. The Balaban J connectivity index is 2.78. The van der Waals surface area contributed by atoms with E-state index in [1.165, 1.54) is 6.92 Å². The molecule has 5 heteroatoms. The molecule has 5 nitrogen and oxygen atoms in total. The Labute approximate surface area is 126 Å². The first-order valence-electron chi connectivity index (χ1n) is 7.03. The molecule has 0 bridgehead atoms. The van der Waals surface area contributed by atoms with Crippen LogP contribution in [0.1, 0.15) is 39.7 Å². The monoisotopic (exact) mass is 291 g/mol. The number of hydrogen-bond acceptors (Lipinski definition) is 3. The van der Waals surface area contributed by atoms with Crippen LogP contribution in [0.4, 0.5) is 11.4 Å². The van der Waals surface area contributed by atoms with Crippen molar-refractivity contribution in [1.29, 1.82) is 0 Å². The van der Waals surface area contributed by atoms with Crippen LogP contribution in [-0.2, 0) is 9.59 Å². The van der Waals surface area contributed by atoms with E-state index in [0.717, 1.165) is 5.56 Å². The van der Waals surface area contributed by atoms with Crippen molar-refractivity contribution < 1.29 is 9.59 Å². The Morgan fingerprint density at radius 3 is 2.38 bits per heavy atom. The third-order valence-corrected chi connectivity index (χ3v) is 3.35. The van der Waals surface area contributed by atoms with Gasteiger partial charge in [-0.2, -0.15) is 0 Å². The lowest BCUT2D eigenvalue weighted by atomic mass is 9.85. The third kappa shape index (κ3) is 5.55. The summed E-state index contributed by atoms with van der Waals surface area (Å²) in [6, 6.07) is 5.19. The number of aryl methyl sites for hydroxylation is 1. The van der Waals surface area contributed by atoms with Gasteiger partial charge in [0.2, 0.25) is 11.8 Å². The van der Waals surface area contributed by atoms with Crippen LogP contribution in [0.5, 0.6) is 0 Å². The Morgan fingerprint density at radius 2 is 1.86 bits per heavy atom. The van der Waals surface area contributed by atoms with Gasteiger partial charge < -0.3 is 16.4 Å². The molecule has 1 unspecified atom stereocenters. The number of carbonyl (C=O) groups excluding carboxylic acids is 2. The zero-order valence-corrected chi connectivity index (χ0v) is 13.4. The lowest BCUT2D eigenvalue weighted by Gasteiger charge is -2.26. The molecule has 0 spiro atoms. The van der Waals surface area contributed by atoms with Gasteiger partial charge in [0, 0.05) is 30.8 Å². The van der Waals surface area contributed by atoms with Crippen LogP contribution in [0.25, 0.3) is 0 Å². The highest BCUT2D eigenvalue weighted by Gasteiger charge is 2.23. The number of nitrogens with two attached hydrogens (primary N) is 1. The van der Waals surface area contributed by atoms with Gasteiger partial charge in [0.15, 0.2) is 0 Å². The summed E-state index contributed by atoms with van der Waals surface area (Å²) in [5.74, 6) is -0.272. The summed E-state index contributed by atoms with van der Waals surface area (Å²) in [5.41, 5.74) is 8.18. The summed E-state index contributed by atoms with van der Waals surface area (Å²) in [4.78, 5) is 23.1. The van der Waals surface area contributed by atoms with Gasteiger partial charge in [-0.05, 0) is 30.0 Å². The molecule has 0 aliphatic carbocycles. The lowest BCUT2D eigenvalue weighted by molar-refractivity contribution is -0.117. The van der Waals surface area contributed by atoms with Crippen molar-refractivity contribution in [3.05, 3.63) is 23.8 Å². The second-order valence-electron chi connectivity index (χ2n) is 6.44. The summed E-state index contributed by atoms with van der Waals surface area (Å²) < 4.78 is 0. The maximum absolute atomic E-state index is 12.1. The highest BCUT2D eigenvalue weighted by molar-refractivity contribution is 5.94. The molecule has 1 rings (SSSR count). The zero-order valence-electron chi connectivity index (χ0n) is 13.4. The fourth-order valence-electron chi connectivity index (χ4n) is 1.74. The molecule has 21 heavy (non-hydrogen) atoms. The van der Waals surface area contributed by atoms with E-state index in [-0.39, 0.29) is 29.7 Å². The minimum Gasteiger partial charge on any atom is -0.327 e. The summed E-state index contributed by atoms with van der Waals surface area (Å²) >= 11 is 0. The van der Waals surface area contributed by atoms with Gasteiger partial charge in [-0.3, -0.25) is 9.59 Å². The fourth-order valence-corrected chi connectivity index (χ4v) is 1.74. The van der Waals surface area contributed by atoms with Crippen molar-refractivity contribution in [2.45, 2.75) is 47.1 Å². The van der Waals surface area contributed by atoms with E-state index < -0.39 is 0 Å². The predicted octanol–water partition coefficient (Wildman–Crippen LogP) is 2.66. The van der Waals surface area contributed by atoms with Gasteiger partial charge in [-0.1, -0.05) is 26.8 Å². The first-order chi connectivity index (χ1) is 9.59. The van der Waals surface area contributed by atoms with Crippen LogP contribution in [0.2, 0.25) is 0 Å². The predicted molar refractivity (Wildman–Crippen MR) is 86.2 cm³/mol. The maximum Gasteiger partial charge on any atom is 0.225 e. The van der Waals surface area contributed by atoms with Gasteiger partial charge in [0.1, 0.15) is 0 Å². The number of hydrogen-bond donors (Lipinski definition) is 3. The van der Waals surface area contributed by atoms with Crippen LogP contribution in [0, 0.1) is 12.3 Å². The van der Waals surface area contributed by atoms with Gasteiger partial charge in [-0.25, -0.2) is 0 Å². The van der Waals surface area contributed by atoms with Crippen molar-refractivity contribution in [1.82, 2.24) is 0 Å². The number of carbonyl (C=O) groups is 2. The van der Waals surface area contributed by atoms with Crippen LogP contribution < -0.4 is 16.4 Å². The highest BCUT2D eigenvalue weighted by atomic mass is 16.2. The molecular formula is C16H25N3O2. The Hall–Kier alpha value is -1.88. The van der Waals surface area contributed by atoms with Crippen molar-refractivity contribution in [3.8, 4) is 0 Å². The minimum absolute atomic E-state index is 0.121. The molecule has 116 valence electrons. The Kier molecular flexibility index (Phi) is 5.49. The van der Waals surface area contributed by atoms with Crippen molar-refractivity contribution in [2.24, 2.45) is 11.1 Å². The average Bonchev–Trinajstić information content (AvgIpc) is 2.31. The molecule has 0 fully saturated rings. The summed E-state index contributed by atoms with van der Waals surface area (Å²) in [6.07, 6.45) is 0.257. The normalized spacial score (nSPS) is 12.7. The molecule has 0 saturated carbocycles. The quantitative estimate of drug-likeness (QED) is 0.797. The Bertz CT molecular complexity index is 533. The molecule has 1 aromatic rings. The van der Waals surface area contributed by atoms with Crippen LogP contribution in [-0.4, -0.2) is 17.9 Å². The molecule has 4 N–H and O–H groups in total. The molecule has 0 aliphatic rings. The third-order valence-electron chi connectivity index (χ3n) is 3.35. The van der Waals surface area contributed by atoms with E-state index in [4.69, 9.17) is 5.73 Å². The van der Waals surface area contributed by atoms with Crippen LogP contribution in [0.3, 0.4) is 0 Å². The number of rotatable bonds is 4. The topological polar surface area (TPSA) is 84.2 Å². The zero-order chi connectivity index (χ0) is 16.2. The van der Waals surface area contributed by atoms with Crippen LogP contribution in [0.15, 0.2) is 18.2 Å². The Morgan fingerprint density at radius 1 is 1.24 bits per heavy atom. The number of benzene rings is 1. The molecule has 1 aromatic carbocycles. The van der Waals surface area contributed by atoms with E-state index in [1.54, 1.807) is 12.1 Å². The number of amides is 2. The van der Waals surface area contributed by atoms with Crippen molar-refractivity contribution >= 4 is 23.2 Å². The van der Waals surface area contributed by atoms with E-state index in [9.17, 15) is 9.59 Å².